The van der Waals surface area contributed by atoms with Gasteiger partial charge < -0.3 is 4.74 Å². The molecule has 0 heterocycles. The SMILES string of the molecule is CCc1ccc(Cc2cc(Br)c(COCC[Si](C)(C)C)cc2Cl)cc1. The lowest BCUT2D eigenvalue weighted by Crippen LogP contribution is -2.21. The number of benzene rings is 2. The molecular formula is C21H28BrClOSi. The molecule has 136 valence electrons. The van der Waals surface area contributed by atoms with Crippen molar-refractivity contribution in [1.29, 1.82) is 0 Å². The van der Waals surface area contributed by atoms with Gasteiger partial charge in [0.25, 0.3) is 0 Å². The second-order valence-electron chi connectivity index (χ2n) is 7.75. The van der Waals surface area contributed by atoms with Crippen LogP contribution in [-0.4, -0.2) is 14.7 Å². The Morgan fingerprint density at radius 1 is 1.00 bits per heavy atom. The van der Waals surface area contributed by atoms with Crippen LogP contribution in [0, 0.1) is 0 Å². The Kier molecular flexibility index (Phi) is 7.75. The fourth-order valence-electron chi connectivity index (χ4n) is 2.55. The predicted octanol–water partition coefficient (Wildman–Crippen LogP) is 7.11. The lowest BCUT2D eigenvalue weighted by atomic mass is 10.0. The van der Waals surface area contributed by atoms with Gasteiger partial charge in [0.15, 0.2) is 0 Å². The molecule has 25 heavy (non-hydrogen) atoms. The van der Waals surface area contributed by atoms with Crippen molar-refractivity contribution in [2.75, 3.05) is 6.61 Å². The van der Waals surface area contributed by atoms with Gasteiger partial charge in [-0.15, -0.1) is 0 Å². The fraction of sp³-hybridized carbons (Fsp3) is 0.429. The van der Waals surface area contributed by atoms with Crippen LogP contribution in [0.5, 0.6) is 0 Å². The molecule has 0 atom stereocenters. The molecule has 0 aromatic heterocycles. The summed E-state index contributed by atoms with van der Waals surface area (Å²) in [6, 6.07) is 14.1. The maximum atomic E-state index is 6.53. The van der Waals surface area contributed by atoms with Crippen LogP contribution < -0.4 is 0 Å². The van der Waals surface area contributed by atoms with E-state index in [1.165, 1.54) is 17.2 Å². The van der Waals surface area contributed by atoms with Crippen molar-refractivity contribution in [2.24, 2.45) is 0 Å². The second-order valence-corrected chi connectivity index (χ2v) is 14.6. The minimum atomic E-state index is -1.04. The molecule has 0 aliphatic rings. The molecule has 0 spiro atoms. The zero-order chi connectivity index (χ0) is 18.4. The largest absolute Gasteiger partial charge is 0.377 e. The lowest BCUT2D eigenvalue weighted by molar-refractivity contribution is 0.133. The van der Waals surface area contributed by atoms with Gasteiger partial charge in [0.05, 0.1) is 6.61 Å². The highest BCUT2D eigenvalue weighted by molar-refractivity contribution is 9.10. The third kappa shape index (κ3) is 6.90. The highest BCUT2D eigenvalue weighted by Gasteiger charge is 2.13. The van der Waals surface area contributed by atoms with Gasteiger partial charge in [-0.3, -0.25) is 0 Å². The lowest BCUT2D eigenvalue weighted by Gasteiger charge is -2.16. The van der Waals surface area contributed by atoms with E-state index < -0.39 is 8.07 Å². The van der Waals surface area contributed by atoms with Crippen LogP contribution in [-0.2, 0) is 24.2 Å². The Morgan fingerprint density at radius 2 is 1.64 bits per heavy atom. The van der Waals surface area contributed by atoms with Gasteiger partial charge in [-0.1, -0.05) is 78.4 Å². The molecule has 0 bridgehead atoms. The fourth-order valence-corrected chi connectivity index (χ4v) is 4.06. The maximum Gasteiger partial charge on any atom is 0.0728 e. The molecule has 4 heteroatoms. The van der Waals surface area contributed by atoms with Crippen LogP contribution >= 0.6 is 27.5 Å². The monoisotopic (exact) mass is 438 g/mol. The van der Waals surface area contributed by atoms with Crippen molar-refractivity contribution in [3.05, 3.63) is 68.1 Å². The third-order valence-corrected chi connectivity index (χ3v) is 7.09. The summed E-state index contributed by atoms with van der Waals surface area (Å²) in [7, 11) is -1.04. The van der Waals surface area contributed by atoms with Crippen LogP contribution in [0.4, 0.5) is 0 Å². The summed E-state index contributed by atoms with van der Waals surface area (Å²) in [5, 5.41) is 0.812. The molecule has 0 N–H and O–H groups in total. The van der Waals surface area contributed by atoms with Crippen molar-refractivity contribution < 1.29 is 4.74 Å². The van der Waals surface area contributed by atoms with E-state index in [1.807, 2.05) is 6.07 Å². The maximum absolute atomic E-state index is 6.53. The number of hydrogen-bond donors (Lipinski definition) is 0. The zero-order valence-electron chi connectivity index (χ0n) is 15.7. The third-order valence-electron chi connectivity index (χ3n) is 4.30. The summed E-state index contributed by atoms with van der Waals surface area (Å²) in [6.07, 6.45) is 1.91. The Bertz CT molecular complexity index is 692. The highest BCUT2D eigenvalue weighted by Crippen LogP contribution is 2.28. The molecule has 0 radical (unpaired) electrons. The van der Waals surface area contributed by atoms with E-state index in [2.05, 4.69) is 72.8 Å². The van der Waals surface area contributed by atoms with Crippen LogP contribution in [0.15, 0.2) is 40.9 Å². The zero-order valence-corrected chi connectivity index (χ0v) is 19.0. The van der Waals surface area contributed by atoms with E-state index in [0.29, 0.717) is 6.61 Å². The van der Waals surface area contributed by atoms with Crippen molar-refractivity contribution in [1.82, 2.24) is 0 Å². The normalized spacial score (nSPS) is 11.8. The summed E-state index contributed by atoms with van der Waals surface area (Å²) in [5.74, 6) is 0. The van der Waals surface area contributed by atoms with Gasteiger partial charge in [-0.25, -0.2) is 0 Å². The topological polar surface area (TPSA) is 9.23 Å². The van der Waals surface area contributed by atoms with E-state index in [1.54, 1.807) is 0 Å². The molecule has 0 unspecified atom stereocenters. The first-order chi connectivity index (χ1) is 11.8. The van der Waals surface area contributed by atoms with Gasteiger partial charge in [-0.05, 0) is 53.3 Å². The Balaban J connectivity index is 2.00. The molecule has 2 rings (SSSR count). The van der Waals surface area contributed by atoms with Gasteiger partial charge in [0.2, 0.25) is 0 Å². The molecule has 2 aromatic rings. The molecule has 0 amide bonds. The Labute approximate surface area is 166 Å². The smallest absolute Gasteiger partial charge is 0.0728 e. The van der Waals surface area contributed by atoms with E-state index >= 15 is 0 Å². The minimum absolute atomic E-state index is 0.607. The molecule has 0 fully saturated rings. The van der Waals surface area contributed by atoms with Gasteiger partial charge in [0, 0.05) is 24.2 Å². The molecule has 1 nitrogen and oxygen atoms in total. The number of halogens is 2. The van der Waals surface area contributed by atoms with Gasteiger partial charge in [-0.2, -0.15) is 0 Å². The molecular weight excluding hydrogens is 412 g/mol. The quantitative estimate of drug-likeness (QED) is 0.314. The standard InChI is InChI=1S/C21H28BrClOSi/c1-5-16-6-8-17(9-7-16)12-18-13-20(22)19(14-21(18)23)15-24-10-11-25(2,3)4/h6-9,13-14H,5,10-12,15H2,1-4H3. The minimum Gasteiger partial charge on any atom is -0.377 e. The van der Waals surface area contributed by atoms with E-state index in [-0.39, 0.29) is 0 Å². The summed E-state index contributed by atoms with van der Waals surface area (Å²) >= 11 is 10.2. The van der Waals surface area contributed by atoms with Crippen molar-refractivity contribution in [3.8, 4) is 0 Å². The Hall–Kier alpha value is -0.613. The van der Waals surface area contributed by atoms with E-state index in [4.69, 9.17) is 16.3 Å². The molecule has 2 aromatic carbocycles. The van der Waals surface area contributed by atoms with Gasteiger partial charge >= 0.3 is 0 Å². The first-order valence-corrected chi connectivity index (χ1v) is 13.8. The average Bonchev–Trinajstić information content (AvgIpc) is 2.55. The second kappa shape index (κ2) is 9.36. The van der Waals surface area contributed by atoms with Crippen LogP contribution in [0.25, 0.3) is 0 Å². The van der Waals surface area contributed by atoms with Crippen molar-refractivity contribution in [3.63, 3.8) is 0 Å². The molecule has 0 aliphatic carbocycles. The van der Waals surface area contributed by atoms with Crippen molar-refractivity contribution >= 4 is 35.6 Å². The first kappa shape index (κ1) is 20.7. The van der Waals surface area contributed by atoms with Crippen LogP contribution in [0.1, 0.15) is 29.2 Å². The molecule has 0 aliphatic heterocycles. The van der Waals surface area contributed by atoms with E-state index in [9.17, 15) is 0 Å². The highest BCUT2D eigenvalue weighted by atomic mass is 79.9. The summed E-state index contributed by atoms with van der Waals surface area (Å²) in [4.78, 5) is 0. The molecule has 0 saturated carbocycles. The average molecular weight is 440 g/mol. The molecule has 0 saturated heterocycles. The summed E-state index contributed by atoms with van der Waals surface area (Å²) in [6.45, 7) is 10.7. The van der Waals surface area contributed by atoms with Crippen molar-refractivity contribution in [2.45, 2.75) is 52.1 Å². The van der Waals surface area contributed by atoms with E-state index in [0.717, 1.165) is 40.1 Å². The number of aryl methyl sites for hydroxylation is 1. The van der Waals surface area contributed by atoms with Gasteiger partial charge in [0.1, 0.15) is 0 Å². The number of ether oxygens (including phenoxy) is 1. The predicted molar refractivity (Wildman–Crippen MR) is 116 cm³/mol. The summed E-state index contributed by atoms with van der Waals surface area (Å²) in [5.41, 5.74) is 4.90. The Morgan fingerprint density at radius 3 is 2.24 bits per heavy atom. The number of hydrogen-bond acceptors (Lipinski definition) is 1. The van der Waals surface area contributed by atoms with Crippen LogP contribution in [0.2, 0.25) is 30.7 Å². The van der Waals surface area contributed by atoms with Crippen LogP contribution in [0.3, 0.4) is 0 Å². The number of rotatable bonds is 8. The summed E-state index contributed by atoms with van der Waals surface area (Å²) < 4.78 is 6.94. The first-order valence-electron chi connectivity index (χ1n) is 8.91.